The van der Waals surface area contributed by atoms with Gasteiger partial charge in [-0.05, 0) is 35.3 Å². The molecular formula is C19H17N3O3. The maximum absolute atomic E-state index is 12.2. The molecule has 2 aromatic carbocycles. The molecule has 0 bridgehead atoms. The largest absolute Gasteiger partial charge is 0.321 e. The van der Waals surface area contributed by atoms with E-state index in [-0.39, 0.29) is 11.3 Å². The maximum atomic E-state index is 12.2. The fourth-order valence-corrected chi connectivity index (χ4v) is 2.16. The molecule has 0 aliphatic heterocycles. The van der Waals surface area contributed by atoms with E-state index in [9.17, 15) is 20.2 Å². The third kappa shape index (κ3) is 4.75. The Bertz CT molecular complexity index is 845. The van der Waals surface area contributed by atoms with Crippen LogP contribution >= 0.6 is 0 Å². The van der Waals surface area contributed by atoms with E-state index in [0.29, 0.717) is 11.6 Å². The van der Waals surface area contributed by atoms with Crippen LogP contribution in [0, 0.1) is 21.4 Å². The number of nitrogens with one attached hydrogen (secondary N) is 1. The van der Waals surface area contributed by atoms with Crippen LogP contribution in [-0.4, -0.2) is 10.8 Å². The number of nitriles is 1. The van der Waals surface area contributed by atoms with Crippen molar-refractivity contribution < 1.29 is 9.72 Å². The first kappa shape index (κ1) is 17.9. The second-order valence-electron chi connectivity index (χ2n) is 5.75. The molecule has 0 aliphatic rings. The highest BCUT2D eigenvalue weighted by atomic mass is 16.6. The van der Waals surface area contributed by atoms with Crippen molar-refractivity contribution >= 4 is 23.4 Å². The van der Waals surface area contributed by atoms with Crippen molar-refractivity contribution in [1.29, 1.82) is 5.26 Å². The van der Waals surface area contributed by atoms with Gasteiger partial charge in [0, 0.05) is 17.8 Å². The van der Waals surface area contributed by atoms with E-state index in [4.69, 9.17) is 0 Å². The zero-order valence-corrected chi connectivity index (χ0v) is 13.9. The van der Waals surface area contributed by atoms with Crippen LogP contribution in [0.4, 0.5) is 11.4 Å². The van der Waals surface area contributed by atoms with E-state index in [1.165, 1.54) is 35.9 Å². The molecule has 0 saturated heterocycles. The van der Waals surface area contributed by atoms with Crippen LogP contribution < -0.4 is 5.32 Å². The molecule has 2 aromatic rings. The van der Waals surface area contributed by atoms with Crippen molar-refractivity contribution in [2.45, 2.75) is 19.8 Å². The Kier molecular flexibility index (Phi) is 5.64. The predicted molar refractivity (Wildman–Crippen MR) is 95.8 cm³/mol. The smallest absolute Gasteiger partial charge is 0.269 e. The average Bonchev–Trinajstić information content (AvgIpc) is 2.60. The number of nitrogens with zero attached hydrogens (tertiary/aromatic N) is 2. The molecule has 6 heteroatoms. The summed E-state index contributed by atoms with van der Waals surface area (Å²) in [4.78, 5) is 22.3. The lowest BCUT2D eigenvalue weighted by molar-refractivity contribution is -0.384. The third-order valence-electron chi connectivity index (χ3n) is 3.62. The van der Waals surface area contributed by atoms with Crippen molar-refractivity contribution in [3.63, 3.8) is 0 Å². The molecule has 0 saturated carbocycles. The van der Waals surface area contributed by atoms with E-state index >= 15 is 0 Å². The SMILES string of the molecule is CC(C)c1ccc(/C=C(\C#N)C(=O)Nc2ccc([N+](=O)[O-])cc2)cc1. The number of rotatable bonds is 5. The Morgan fingerprint density at radius 3 is 2.24 bits per heavy atom. The summed E-state index contributed by atoms with van der Waals surface area (Å²) in [5.74, 6) is -0.164. The Labute approximate surface area is 145 Å². The van der Waals surface area contributed by atoms with E-state index in [1.807, 2.05) is 30.3 Å². The highest BCUT2D eigenvalue weighted by molar-refractivity contribution is 6.09. The van der Waals surface area contributed by atoms with Crippen molar-refractivity contribution in [3.05, 3.63) is 75.3 Å². The van der Waals surface area contributed by atoms with Crippen LogP contribution in [-0.2, 0) is 4.79 Å². The summed E-state index contributed by atoms with van der Waals surface area (Å²) in [5, 5.41) is 22.4. The van der Waals surface area contributed by atoms with Crippen molar-refractivity contribution in [2.75, 3.05) is 5.32 Å². The first-order valence-electron chi connectivity index (χ1n) is 7.68. The second kappa shape index (κ2) is 7.88. The second-order valence-corrected chi connectivity index (χ2v) is 5.75. The van der Waals surface area contributed by atoms with Gasteiger partial charge < -0.3 is 5.32 Å². The Hall–Kier alpha value is -3.46. The summed E-state index contributed by atoms with van der Waals surface area (Å²) in [6.07, 6.45) is 1.50. The Morgan fingerprint density at radius 1 is 1.16 bits per heavy atom. The summed E-state index contributed by atoms with van der Waals surface area (Å²) < 4.78 is 0. The number of amides is 1. The van der Waals surface area contributed by atoms with Crippen LogP contribution in [0.15, 0.2) is 54.1 Å². The molecule has 1 N–H and O–H groups in total. The number of non-ortho nitro benzene ring substituents is 1. The molecule has 25 heavy (non-hydrogen) atoms. The summed E-state index contributed by atoms with van der Waals surface area (Å²) in [5.41, 5.74) is 2.19. The number of hydrogen-bond donors (Lipinski definition) is 1. The molecule has 1 amide bonds. The molecule has 126 valence electrons. The van der Waals surface area contributed by atoms with Crippen molar-refractivity contribution in [2.24, 2.45) is 0 Å². The number of carbonyl (C=O) groups excluding carboxylic acids is 1. The van der Waals surface area contributed by atoms with Crippen molar-refractivity contribution in [3.8, 4) is 6.07 Å². The molecule has 0 aromatic heterocycles. The van der Waals surface area contributed by atoms with Gasteiger partial charge in [0.2, 0.25) is 0 Å². The van der Waals surface area contributed by atoms with Gasteiger partial charge in [-0.1, -0.05) is 38.1 Å². The van der Waals surface area contributed by atoms with E-state index in [2.05, 4.69) is 19.2 Å². The van der Waals surface area contributed by atoms with Crippen LogP contribution in [0.5, 0.6) is 0 Å². The number of nitro groups is 1. The monoisotopic (exact) mass is 335 g/mol. The Balaban J connectivity index is 2.14. The summed E-state index contributed by atoms with van der Waals surface area (Å²) in [6.45, 7) is 4.17. The number of nitro benzene ring substituents is 1. The predicted octanol–water partition coefficient (Wildman–Crippen LogP) is 4.26. The van der Waals surface area contributed by atoms with Gasteiger partial charge in [0.05, 0.1) is 4.92 Å². The minimum atomic E-state index is -0.565. The van der Waals surface area contributed by atoms with Gasteiger partial charge in [-0.25, -0.2) is 0 Å². The van der Waals surface area contributed by atoms with Crippen LogP contribution in [0.3, 0.4) is 0 Å². The standard InChI is InChI=1S/C19H17N3O3/c1-13(2)15-5-3-14(4-6-15)11-16(12-20)19(23)21-17-7-9-18(10-8-17)22(24)25/h3-11,13H,1-2H3,(H,21,23)/b16-11+. The molecule has 2 rings (SSSR count). The fraction of sp³-hybridized carbons (Fsp3) is 0.158. The summed E-state index contributed by atoms with van der Waals surface area (Å²) in [6, 6.07) is 14.9. The lowest BCUT2D eigenvalue weighted by Gasteiger charge is -2.06. The van der Waals surface area contributed by atoms with Gasteiger partial charge in [0.25, 0.3) is 11.6 Å². The molecule has 0 unspecified atom stereocenters. The van der Waals surface area contributed by atoms with Gasteiger partial charge in [0.15, 0.2) is 0 Å². The molecule has 0 spiro atoms. The molecule has 0 atom stereocenters. The van der Waals surface area contributed by atoms with Gasteiger partial charge >= 0.3 is 0 Å². The lowest BCUT2D eigenvalue weighted by Crippen LogP contribution is -2.13. The first-order valence-corrected chi connectivity index (χ1v) is 7.68. The van der Waals surface area contributed by atoms with E-state index in [0.717, 1.165) is 5.56 Å². The molecular weight excluding hydrogens is 318 g/mol. The van der Waals surface area contributed by atoms with Gasteiger partial charge in [-0.3, -0.25) is 14.9 Å². The van der Waals surface area contributed by atoms with Crippen molar-refractivity contribution in [1.82, 2.24) is 0 Å². The quantitative estimate of drug-likeness (QED) is 0.382. The van der Waals surface area contributed by atoms with E-state index in [1.54, 1.807) is 0 Å². The first-order chi connectivity index (χ1) is 11.9. The zero-order chi connectivity index (χ0) is 18.4. The van der Waals surface area contributed by atoms with Gasteiger partial charge in [-0.15, -0.1) is 0 Å². The van der Waals surface area contributed by atoms with Crippen LogP contribution in [0.1, 0.15) is 30.9 Å². The number of hydrogen-bond acceptors (Lipinski definition) is 4. The minimum absolute atomic E-state index is 0.0457. The summed E-state index contributed by atoms with van der Waals surface area (Å²) in [7, 11) is 0. The zero-order valence-electron chi connectivity index (χ0n) is 13.9. The molecule has 0 aliphatic carbocycles. The highest BCUT2D eigenvalue weighted by Crippen LogP contribution is 2.18. The third-order valence-corrected chi connectivity index (χ3v) is 3.62. The van der Waals surface area contributed by atoms with Gasteiger partial charge in [0.1, 0.15) is 11.6 Å². The number of benzene rings is 2. The normalized spacial score (nSPS) is 11.0. The molecule has 0 radical (unpaired) electrons. The number of carbonyl (C=O) groups is 1. The maximum Gasteiger partial charge on any atom is 0.269 e. The van der Waals surface area contributed by atoms with Crippen LogP contribution in [0.25, 0.3) is 6.08 Å². The molecule has 0 heterocycles. The van der Waals surface area contributed by atoms with Crippen LogP contribution in [0.2, 0.25) is 0 Å². The molecule has 6 nitrogen and oxygen atoms in total. The summed E-state index contributed by atoms with van der Waals surface area (Å²) >= 11 is 0. The van der Waals surface area contributed by atoms with Gasteiger partial charge in [-0.2, -0.15) is 5.26 Å². The minimum Gasteiger partial charge on any atom is -0.321 e. The number of anilines is 1. The average molecular weight is 335 g/mol. The fourth-order valence-electron chi connectivity index (χ4n) is 2.16. The molecule has 0 fully saturated rings. The van der Waals surface area contributed by atoms with E-state index < -0.39 is 10.8 Å². The topological polar surface area (TPSA) is 96.0 Å². The highest BCUT2D eigenvalue weighted by Gasteiger charge is 2.11. The Morgan fingerprint density at radius 2 is 1.76 bits per heavy atom. The lowest BCUT2D eigenvalue weighted by atomic mass is 10.0.